The molecular weight excluding hydrogens is 242 g/mol. The third kappa shape index (κ3) is 5.94. The van der Waals surface area contributed by atoms with Gasteiger partial charge in [0.25, 0.3) is 0 Å². The minimum Gasteiger partial charge on any atom is -0.493 e. The largest absolute Gasteiger partial charge is 0.493 e. The molecule has 1 aromatic rings. The van der Waals surface area contributed by atoms with Gasteiger partial charge in [-0.15, -0.1) is 0 Å². The van der Waals surface area contributed by atoms with Crippen LogP contribution in [-0.2, 0) is 11.2 Å². The van der Waals surface area contributed by atoms with Crippen molar-refractivity contribution in [3.05, 3.63) is 23.8 Å². The first kappa shape index (κ1) is 15.8. The maximum Gasteiger partial charge on any atom is 0.126 e. The van der Waals surface area contributed by atoms with Crippen molar-refractivity contribution in [1.29, 1.82) is 0 Å². The number of hydrogen-bond acceptors (Lipinski definition) is 4. The first-order chi connectivity index (χ1) is 9.31. The van der Waals surface area contributed by atoms with Gasteiger partial charge in [0.05, 0.1) is 13.2 Å². The van der Waals surface area contributed by atoms with E-state index in [1.165, 1.54) is 0 Å². The molecule has 0 saturated carbocycles. The van der Waals surface area contributed by atoms with Gasteiger partial charge in [-0.2, -0.15) is 0 Å². The zero-order valence-electron chi connectivity index (χ0n) is 12.0. The quantitative estimate of drug-likeness (QED) is 0.661. The average Bonchev–Trinajstić information content (AvgIpc) is 2.43. The molecule has 108 valence electrons. The van der Waals surface area contributed by atoms with Crippen molar-refractivity contribution < 1.29 is 14.2 Å². The Labute approximate surface area is 115 Å². The van der Waals surface area contributed by atoms with E-state index in [2.05, 4.69) is 6.92 Å². The van der Waals surface area contributed by atoms with E-state index in [1.807, 2.05) is 25.1 Å². The zero-order chi connectivity index (χ0) is 13.9. The highest BCUT2D eigenvalue weighted by Crippen LogP contribution is 2.25. The third-order valence-electron chi connectivity index (χ3n) is 2.61. The SMILES string of the molecule is CCCOc1ccc(CCN)c(OCCOCC)c1. The van der Waals surface area contributed by atoms with Gasteiger partial charge < -0.3 is 19.9 Å². The van der Waals surface area contributed by atoms with Crippen LogP contribution in [0.4, 0.5) is 0 Å². The van der Waals surface area contributed by atoms with Crippen molar-refractivity contribution in [2.24, 2.45) is 5.73 Å². The molecule has 0 saturated heterocycles. The number of rotatable bonds is 10. The molecule has 0 unspecified atom stereocenters. The Bertz CT molecular complexity index is 355. The van der Waals surface area contributed by atoms with E-state index >= 15 is 0 Å². The van der Waals surface area contributed by atoms with Crippen molar-refractivity contribution in [1.82, 2.24) is 0 Å². The van der Waals surface area contributed by atoms with Crippen LogP contribution in [0.1, 0.15) is 25.8 Å². The molecule has 0 aliphatic rings. The summed E-state index contributed by atoms with van der Waals surface area (Å²) in [5.74, 6) is 1.69. The van der Waals surface area contributed by atoms with Gasteiger partial charge in [0.1, 0.15) is 18.1 Å². The van der Waals surface area contributed by atoms with Gasteiger partial charge in [0, 0.05) is 12.7 Å². The second-order valence-electron chi connectivity index (χ2n) is 4.20. The van der Waals surface area contributed by atoms with Gasteiger partial charge in [-0.05, 0) is 37.9 Å². The van der Waals surface area contributed by atoms with Crippen LogP contribution in [0.15, 0.2) is 18.2 Å². The normalized spacial score (nSPS) is 10.5. The van der Waals surface area contributed by atoms with Crippen LogP contribution in [0.3, 0.4) is 0 Å². The van der Waals surface area contributed by atoms with Crippen molar-refractivity contribution in [2.45, 2.75) is 26.7 Å². The van der Waals surface area contributed by atoms with Crippen molar-refractivity contribution in [3.8, 4) is 11.5 Å². The van der Waals surface area contributed by atoms with E-state index in [0.29, 0.717) is 33.0 Å². The van der Waals surface area contributed by atoms with Crippen molar-refractivity contribution in [3.63, 3.8) is 0 Å². The van der Waals surface area contributed by atoms with Crippen LogP contribution in [-0.4, -0.2) is 33.0 Å². The summed E-state index contributed by atoms with van der Waals surface area (Å²) >= 11 is 0. The van der Waals surface area contributed by atoms with E-state index in [9.17, 15) is 0 Å². The molecule has 4 heteroatoms. The lowest BCUT2D eigenvalue weighted by atomic mass is 10.1. The number of hydrogen-bond donors (Lipinski definition) is 1. The Kier molecular flexibility index (Phi) is 8.02. The van der Waals surface area contributed by atoms with E-state index in [0.717, 1.165) is 29.9 Å². The van der Waals surface area contributed by atoms with Crippen LogP contribution in [0.5, 0.6) is 11.5 Å². The maximum atomic E-state index is 5.75. The van der Waals surface area contributed by atoms with Crippen LogP contribution in [0, 0.1) is 0 Å². The summed E-state index contributed by atoms with van der Waals surface area (Å²) in [6.07, 6.45) is 1.79. The smallest absolute Gasteiger partial charge is 0.126 e. The van der Waals surface area contributed by atoms with Gasteiger partial charge in [-0.3, -0.25) is 0 Å². The van der Waals surface area contributed by atoms with Gasteiger partial charge in [0.2, 0.25) is 0 Å². The first-order valence-corrected chi connectivity index (χ1v) is 6.98. The molecule has 0 spiro atoms. The molecular formula is C15H25NO3. The fourth-order valence-electron chi connectivity index (χ4n) is 1.70. The fraction of sp³-hybridized carbons (Fsp3) is 0.600. The summed E-state index contributed by atoms with van der Waals surface area (Å²) < 4.78 is 16.6. The topological polar surface area (TPSA) is 53.7 Å². The third-order valence-corrected chi connectivity index (χ3v) is 2.61. The van der Waals surface area contributed by atoms with Crippen LogP contribution in [0.2, 0.25) is 0 Å². The van der Waals surface area contributed by atoms with Gasteiger partial charge in [0.15, 0.2) is 0 Å². The summed E-state index contributed by atoms with van der Waals surface area (Å²) in [6, 6.07) is 5.93. The predicted octanol–water partition coefficient (Wildman–Crippen LogP) is 2.39. The summed E-state index contributed by atoms with van der Waals surface area (Å²) in [5, 5.41) is 0. The second-order valence-corrected chi connectivity index (χ2v) is 4.20. The van der Waals surface area contributed by atoms with E-state index in [-0.39, 0.29) is 0 Å². The number of nitrogens with two attached hydrogens (primary N) is 1. The monoisotopic (exact) mass is 267 g/mol. The molecule has 1 rings (SSSR count). The molecule has 0 aliphatic carbocycles. The molecule has 0 radical (unpaired) electrons. The minimum atomic E-state index is 0.544. The van der Waals surface area contributed by atoms with Crippen LogP contribution < -0.4 is 15.2 Å². The Morgan fingerprint density at radius 2 is 1.89 bits per heavy atom. The number of ether oxygens (including phenoxy) is 3. The summed E-state index contributed by atoms with van der Waals surface area (Å²) in [6.45, 7) is 7.23. The summed E-state index contributed by atoms with van der Waals surface area (Å²) in [4.78, 5) is 0. The Balaban J connectivity index is 2.65. The average molecular weight is 267 g/mol. The summed E-state index contributed by atoms with van der Waals surface area (Å²) in [5.41, 5.74) is 6.73. The molecule has 19 heavy (non-hydrogen) atoms. The minimum absolute atomic E-state index is 0.544. The Morgan fingerprint density at radius 1 is 1.05 bits per heavy atom. The van der Waals surface area contributed by atoms with E-state index < -0.39 is 0 Å². The van der Waals surface area contributed by atoms with Crippen LogP contribution >= 0.6 is 0 Å². The number of benzene rings is 1. The highest BCUT2D eigenvalue weighted by atomic mass is 16.5. The van der Waals surface area contributed by atoms with Crippen molar-refractivity contribution >= 4 is 0 Å². The Morgan fingerprint density at radius 3 is 2.58 bits per heavy atom. The zero-order valence-corrected chi connectivity index (χ0v) is 12.0. The maximum absolute atomic E-state index is 5.75. The highest BCUT2D eigenvalue weighted by Gasteiger charge is 2.06. The molecule has 0 aliphatic heterocycles. The molecule has 0 heterocycles. The lowest BCUT2D eigenvalue weighted by molar-refractivity contribution is 0.109. The van der Waals surface area contributed by atoms with Gasteiger partial charge >= 0.3 is 0 Å². The molecule has 0 fully saturated rings. The predicted molar refractivity (Wildman–Crippen MR) is 77.0 cm³/mol. The van der Waals surface area contributed by atoms with Gasteiger partial charge in [-0.1, -0.05) is 13.0 Å². The Hall–Kier alpha value is -1.26. The molecule has 0 bridgehead atoms. The molecule has 2 N–H and O–H groups in total. The first-order valence-electron chi connectivity index (χ1n) is 6.98. The highest BCUT2D eigenvalue weighted by molar-refractivity contribution is 5.41. The van der Waals surface area contributed by atoms with Crippen LogP contribution in [0.25, 0.3) is 0 Å². The molecule has 0 amide bonds. The summed E-state index contributed by atoms with van der Waals surface area (Å²) in [7, 11) is 0. The molecule has 0 atom stereocenters. The second kappa shape index (κ2) is 9.64. The fourth-order valence-corrected chi connectivity index (χ4v) is 1.70. The molecule has 1 aromatic carbocycles. The lowest BCUT2D eigenvalue weighted by Gasteiger charge is -2.13. The molecule has 4 nitrogen and oxygen atoms in total. The standard InChI is InChI=1S/C15H25NO3/c1-3-9-18-14-6-5-13(7-8-16)15(12-14)19-11-10-17-4-2/h5-6,12H,3-4,7-11,16H2,1-2H3. The lowest BCUT2D eigenvalue weighted by Crippen LogP contribution is -2.10. The van der Waals surface area contributed by atoms with Crippen molar-refractivity contribution in [2.75, 3.05) is 33.0 Å². The van der Waals surface area contributed by atoms with E-state index in [1.54, 1.807) is 0 Å². The molecule has 0 aromatic heterocycles. The van der Waals surface area contributed by atoms with Gasteiger partial charge in [-0.25, -0.2) is 0 Å². The van der Waals surface area contributed by atoms with E-state index in [4.69, 9.17) is 19.9 Å².